The number of hydrogen-bond donors (Lipinski definition) is 2. The molecule has 0 radical (unpaired) electrons. The largest absolute Gasteiger partial charge is 0.341 e. The normalized spacial score (nSPS) is 14.8. The molecule has 2 amide bonds. The maximum absolute atomic E-state index is 12.2. The number of halogens is 1. The van der Waals surface area contributed by atoms with E-state index in [1.54, 1.807) is 30.5 Å². The summed E-state index contributed by atoms with van der Waals surface area (Å²) in [7, 11) is 0. The Kier molecular flexibility index (Phi) is 4.57. The number of carbonyl (C=O) groups is 2. The Morgan fingerprint density at radius 1 is 1.13 bits per heavy atom. The second-order valence-electron chi connectivity index (χ2n) is 5.54. The van der Waals surface area contributed by atoms with Crippen molar-refractivity contribution in [2.75, 3.05) is 5.32 Å². The number of nitrogens with zero attached hydrogens (tertiary/aromatic N) is 1. The number of anilines is 1. The van der Waals surface area contributed by atoms with Crippen LogP contribution in [0, 0.1) is 5.92 Å². The van der Waals surface area contributed by atoms with E-state index >= 15 is 0 Å². The van der Waals surface area contributed by atoms with Gasteiger partial charge in [-0.1, -0.05) is 23.7 Å². The predicted octanol–water partition coefficient (Wildman–Crippen LogP) is 2.94. The SMILES string of the molecule is O=C(Nc1cccnc1)C(=O)NC(c1ccc(Cl)cc1)C1CC1. The van der Waals surface area contributed by atoms with Crippen LogP contribution < -0.4 is 10.6 Å². The third-order valence-corrected chi connectivity index (χ3v) is 3.99. The Hall–Kier alpha value is -2.40. The van der Waals surface area contributed by atoms with Crippen LogP contribution in [0.25, 0.3) is 0 Å². The molecule has 5 nitrogen and oxygen atoms in total. The van der Waals surface area contributed by atoms with Crippen molar-refractivity contribution in [1.82, 2.24) is 10.3 Å². The highest BCUT2D eigenvalue weighted by atomic mass is 35.5. The molecule has 118 valence electrons. The van der Waals surface area contributed by atoms with Gasteiger partial charge in [-0.05, 0) is 48.6 Å². The first-order valence-corrected chi connectivity index (χ1v) is 7.78. The van der Waals surface area contributed by atoms with Crippen molar-refractivity contribution in [3.05, 3.63) is 59.4 Å². The van der Waals surface area contributed by atoms with Crippen LogP contribution in [0.15, 0.2) is 48.8 Å². The van der Waals surface area contributed by atoms with Gasteiger partial charge in [0.2, 0.25) is 0 Å². The molecule has 2 N–H and O–H groups in total. The van der Waals surface area contributed by atoms with Crippen LogP contribution in [0.5, 0.6) is 0 Å². The minimum absolute atomic E-state index is 0.167. The van der Waals surface area contributed by atoms with Gasteiger partial charge in [-0.3, -0.25) is 14.6 Å². The lowest BCUT2D eigenvalue weighted by Gasteiger charge is -2.18. The lowest BCUT2D eigenvalue weighted by molar-refractivity contribution is -0.136. The summed E-state index contributed by atoms with van der Waals surface area (Å²) >= 11 is 5.90. The average Bonchev–Trinajstić information content (AvgIpc) is 3.39. The number of rotatable bonds is 4. The molecule has 1 aliphatic carbocycles. The molecule has 6 heteroatoms. The molecule has 3 rings (SSSR count). The molecule has 1 aromatic carbocycles. The zero-order chi connectivity index (χ0) is 16.2. The smallest absolute Gasteiger partial charge is 0.313 e. The zero-order valence-corrected chi connectivity index (χ0v) is 13.1. The summed E-state index contributed by atoms with van der Waals surface area (Å²) in [5, 5.41) is 6.00. The Bertz CT molecular complexity index is 700. The van der Waals surface area contributed by atoms with E-state index in [-0.39, 0.29) is 6.04 Å². The number of aromatic nitrogens is 1. The quantitative estimate of drug-likeness (QED) is 0.847. The number of carbonyl (C=O) groups excluding carboxylic acids is 2. The Morgan fingerprint density at radius 2 is 1.87 bits per heavy atom. The fourth-order valence-electron chi connectivity index (χ4n) is 2.40. The molecule has 0 bridgehead atoms. The van der Waals surface area contributed by atoms with Crippen LogP contribution in [-0.4, -0.2) is 16.8 Å². The standard InChI is InChI=1S/C17H16ClN3O2/c18-13-7-5-12(6-8-13)15(11-3-4-11)21-17(23)16(22)20-14-2-1-9-19-10-14/h1-2,5-11,15H,3-4H2,(H,20,22)(H,21,23). The van der Waals surface area contributed by atoms with Gasteiger partial charge in [0, 0.05) is 11.2 Å². The summed E-state index contributed by atoms with van der Waals surface area (Å²) in [5.74, 6) is -0.982. The third-order valence-electron chi connectivity index (χ3n) is 3.73. The van der Waals surface area contributed by atoms with Gasteiger partial charge < -0.3 is 10.6 Å². The Balaban J connectivity index is 1.66. The van der Waals surface area contributed by atoms with Crippen LogP contribution >= 0.6 is 11.6 Å². The molecule has 23 heavy (non-hydrogen) atoms. The Morgan fingerprint density at radius 3 is 2.48 bits per heavy atom. The van der Waals surface area contributed by atoms with Gasteiger partial charge in [-0.15, -0.1) is 0 Å². The summed E-state index contributed by atoms with van der Waals surface area (Å²) in [6.07, 6.45) is 5.16. The Labute approximate surface area is 139 Å². The lowest BCUT2D eigenvalue weighted by Crippen LogP contribution is -2.38. The van der Waals surface area contributed by atoms with Crippen LogP contribution in [0.2, 0.25) is 5.02 Å². The molecule has 0 aliphatic heterocycles. The van der Waals surface area contributed by atoms with Crippen molar-refractivity contribution in [1.29, 1.82) is 0 Å². The van der Waals surface area contributed by atoms with Crippen molar-refractivity contribution in [2.45, 2.75) is 18.9 Å². The number of benzene rings is 1. The molecule has 1 unspecified atom stereocenters. The molecule has 1 atom stereocenters. The first kappa shape index (κ1) is 15.5. The maximum Gasteiger partial charge on any atom is 0.313 e. The highest BCUT2D eigenvalue weighted by Gasteiger charge is 2.34. The summed E-state index contributed by atoms with van der Waals surface area (Å²) in [6, 6.07) is 10.5. The molecule has 1 fully saturated rings. The van der Waals surface area contributed by atoms with Crippen LogP contribution in [0.1, 0.15) is 24.4 Å². The van der Waals surface area contributed by atoms with Crippen molar-refractivity contribution >= 4 is 29.1 Å². The van der Waals surface area contributed by atoms with Gasteiger partial charge in [-0.25, -0.2) is 0 Å². The number of pyridine rings is 1. The molecule has 0 spiro atoms. The second-order valence-corrected chi connectivity index (χ2v) is 5.97. The minimum atomic E-state index is -0.697. The van der Waals surface area contributed by atoms with E-state index in [4.69, 9.17) is 11.6 Å². The third kappa shape index (κ3) is 4.07. The van der Waals surface area contributed by atoms with Gasteiger partial charge in [0.05, 0.1) is 17.9 Å². The van der Waals surface area contributed by atoms with E-state index < -0.39 is 11.8 Å². The van der Waals surface area contributed by atoms with Crippen LogP contribution in [-0.2, 0) is 9.59 Å². The summed E-state index contributed by atoms with van der Waals surface area (Å²) in [6.45, 7) is 0. The van der Waals surface area contributed by atoms with E-state index in [9.17, 15) is 9.59 Å². The van der Waals surface area contributed by atoms with Crippen molar-refractivity contribution in [2.24, 2.45) is 5.92 Å². The van der Waals surface area contributed by atoms with Crippen LogP contribution in [0.3, 0.4) is 0 Å². The fraction of sp³-hybridized carbons (Fsp3) is 0.235. The number of amides is 2. The molecule has 0 saturated heterocycles. The molecule has 1 saturated carbocycles. The maximum atomic E-state index is 12.2. The zero-order valence-electron chi connectivity index (χ0n) is 12.3. The summed E-state index contributed by atoms with van der Waals surface area (Å²) in [5.41, 5.74) is 1.45. The van der Waals surface area contributed by atoms with Gasteiger partial charge in [0.1, 0.15) is 0 Å². The van der Waals surface area contributed by atoms with Gasteiger partial charge in [0.15, 0.2) is 0 Å². The van der Waals surface area contributed by atoms with E-state index in [0.717, 1.165) is 18.4 Å². The number of hydrogen-bond acceptors (Lipinski definition) is 3. The monoisotopic (exact) mass is 329 g/mol. The first-order valence-electron chi connectivity index (χ1n) is 7.41. The first-order chi connectivity index (χ1) is 11.1. The molecule has 2 aromatic rings. The molecular weight excluding hydrogens is 314 g/mol. The summed E-state index contributed by atoms with van der Waals surface area (Å²) in [4.78, 5) is 28.1. The summed E-state index contributed by atoms with van der Waals surface area (Å²) < 4.78 is 0. The van der Waals surface area contributed by atoms with Crippen molar-refractivity contribution in [3.8, 4) is 0 Å². The van der Waals surface area contributed by atoms with Gasteiger partial charge in [0.25, 0.3) is 0 Å². The van der Waals surface area contributed by atoms with Crippen molar-refractivity contribution < 1.29 is 9.59 Å². The molecule has 1 heterocycles. The van der Waals surface area contributed by atoms with Crippen LogP contribution in [0.4, 0.5) is 5.69 Å². The topological polar surface area (TPSA) is 71.1 Å². The van der Waals surface area contributed by atoms with E-state index in [1.165, 1.54) is 6.20 Å². The highest BCUT2D eigenvalue weighted by Crippen LogP contribution is 2.41. The molecule has 1 aliphatic rings. The predicted molar refractivity (Wildman–Crippen MR) is 87.9 cm³/mol. The minimum Gasteiger partial charge on any atom is -0.341 e. The number of nitrogens with one attached hydrogen (secondary N) is 2. The lowest BCUT2D eigenvalue weighted by atomic mass is 10.0. The van der Waals surface area contributed by atoms with E-state index in [1.807, 2.05) is 12.1 Å². The van der Waals surface area contributed by atoms with Crippen molar-refractivity contribution in [3.63, 3.8) is 0 Å². The van der Waals surface area contributed by atoms with E-state index in [2.05, 4.69) is 15.6 Å². The van der Waals surface area contributed by atoms with Gasteiger partial charge >= 0.3 is 11.8 Å². The molecule has 1 aromatic heterocycles. The van der Waals surface area contributed by atoms with E-state index in [0.29, 0.717) is 16.6 Å². The average molecular weight is 330 g/mol. The molecular formula is C17H16ClN3O2. The highest BCUT2D eigenvalue weighted by molar-refractivity contribution is 6.39. The fourth-order valence-corrected chi connectivity index (χ4v) is 2.53. The van der Waals surface area contributed by atoms with Gasteiger partial charge in [-0.2, -0.15) is 0 Å². The second kappa shape index (κ2) is 6.79.